The van der Waals surface area contributed by atoms with Gasteiger partial charge in [-0.2, -0.15) is 0 Å². The second-order valence-electron chi connectivity index (χ2n) is 5.54. The van der Waals surface area contributed by atoms with Crippen LogP contribution < -0.4 is 9.80 Å². The lowest BCUT2D eigenvalue weighted by molar-refractivity contribution is -0.145. The molecule has 6 nitrogen and oxygen atoms in total. The molecule has 1 atom stereocenters. The highest BCUT2D eigenvalue weighted by molar-refractivity contribution is 5.99. The summed E-state index contributed by atoms with van der Waals surface area (Å²) in [6, 6.07) is 7.89. The Bertz CT molecular complexity index is 552. The maximum absolute atomic E-state index is 12.1. The monoisotopic (exact) mass is 304 g/mol. The minimum atomic E-state index is -0.364. The van der Waals surface area contributed by atoms with E-state index in [4.69, 9.17) is 9.47 Å². The summed E-state index contributed by atoms with van der Waals surface area (Å²) >= 11 is 0. The zero-order valence-corrected chi connectivity index (χ0v) is 12.7. The molecule has 0 N–H and O–H groups in total. The Kier molecular flexibility index (Phi) is 4.29. The summed E-state index contributed by atoms with van der Waals surface area (Å²) in [5.41, 5.74) is 1.96. The Morgan fingerprint density at radius 1 is 1.18 bits per heavy atom. The molecule has 2 saturated heterocycles. The van der Waals surface area contributed by atoms with Crippen molar-refractivity contribution in [1.29, 1.82) is 0 Å². The first-order chi connectivity index (χ1) is 10.7. The molecule has 0 aliphatic carbocycles. The van der Waals surface area contributed by atoms with E-state index >= 15 is 0 Å². The predicted octanol–water partition coefficient (Wildman–Crippen LogP) is 1.05. The van der Waals surface area contributed by atoms with Crippen molar-refractivity contribution in [3.8, 4) is 0 Å². The van der Waals surface area contributed by atoms with Crippen molar-refractivity contribution in [3.05, 3.63) is 24.3 Å². The number of rotatable bonds is 3. The smallest absolute Gasteiger partial charge is 0.311 e. The molecule has 1 aromatic carbocycles. The number of hydrogen-bond acceptors (Lipinski definition) is 5. The van der Waals surface area contributed by atoms with Gasteiger partial charge in [0, 0.05) is 37.4 Å². The van der Waals surface area contributed by atoms with Gasteiger partial charge in [-0.1, -0.05) is 0 Å². The van der Waals surface area contributed by atoms with Gasteiger partial charge < -0.3 is 19.3 Å². The number of carbonyl (C=O) groups excluding carboxylic acids is 2. The molecule has 2 fully saturated rings. The zero-order valence-electron chi connectivity index (χ0n) is 12.7. The van der Waals surface area contributed by atoms with Crippen molar-refractivity contribution in [2.45, 2.75) is 6.42 Å². The van der Waals surface area contributed by atoms with Crippen LogP contribution in [0, 0.1) is 5.92 Å². The highest BCUT2D eigenvalue weighted by Crippen LogP contribution is 2.28. The maximum Gasteiger partial charge on any atom is 0.311 e. The molecule has 1 aromatic rings. The van der Waals surface area contributed by atoms with Gasteiger partial charge in [0.2, 0.25) is 5.91 Å². The van der Waals surface area contributed by atoms with Crippen LogP contribution in [-0.4, -0.2) is 51.8 Å². The van der Waals surface area contributed by atoms with Gasteiger partial charge in [0.25, 0.3) is 0 Å². The number of hydrogen-bond donors (Lipinski definition) is 0. The number of morpholine rings is 1. The number of methoxy groups -OCH3 is 1. The maximum atomic E-state index is 12.1. The Balaban J connectivity index is 1.70. The molecule has 0 radical (unpaired) electrons. The van der Waals surface area contributed by atoms with E-state index in [0.29, 0.717) is 6.54 Å². The van der Waals surface area contributed by atoms with Gasteiger partial charge in [-0.15, -0.1) is 0 Å². The average Bonchev–Trinajstić information content (AvgIpc) is 2.97. The Labute approximate surface area is 129 Å². The summed E-state index contributed by atoms with van der Waals surface area (Å²) in [6.07, 6.45) is 0.220. The Hall–Kier alpha value is -2.08. The van der Waals surface area contributed by atoms with Gasteiger partial charge in [0.1, 0.15) is 0 Å². The van der Waals surface area contributed by atoms with E-state index in [9.17, 15) is 9.59 Å². The van der Waals surface area contributed by atoms with Crippen LogP contribution >= 0.6 is 0 Å². The minimum absolute atomic E-state index is 0.0328. The van der Waals surface area contributed by atoms with Crippen LogP contribution in [0.1, 0.15) is 6.42 Å². The Morgan fingerprint density at radius 3 is 2.45 bits per heavy atom. The van der Waals surface area contributed by atoms with Crippen molar-refractivity contribution >= 4 is 23.3 Å². The van der Waals surface area contributed by atoms with Crippen molar-refractivity contribution in [2.24, 2.45) is 5.92 Å². The van der Waals surface area contributed by atoms with Gasteiger partial charge in [-0.25, -0.2) is 0 Å². The predicted molar refractivity (Wildman–Crippen MR) is 82.0 cm³/mol. The quantitative estimate of drug-likeness (QED) is 0.781. The van der Waals surface area contributed by atoms with Gasteiger partial charge in [-0.05, 0) is 24.3 Å². The first-order valence-corrected chi connectivity index (χ1v) is 7.50. The van der Waals surface area contributed by atoms with Gasteiger partial charge >= 0.3 is 5.97 Å². The largest absolute Gasteiger partial charge is 0.469 e. The summed E-state index contributed by atoms with van der Waals surface area (Å²) < 4.78 is 10.1. The lowest BCUT2D eigenvalue weighted by Gasteiger charge is -2.29. The molecule has 2 aliphatic heterocycles. The third-order valence-corrected chi connectivity index (χ3v) is 4.20. The fourth-order valence-corrected chi connectivity index (χ4v) is 2.95. The van der Waals surface area contributed by atoms with E-state index in [1.54, 1.807) is 4.90 Å². The molecule has 6 heteroatoms. The van der Waals surface area contributed by atoms with E-state index in [2.05, 4.69) is 4.90 Å². The van der Waals surface area contributed by atoms with Crippen LogP contribution in [0.5, 0.6) is 0 Å². The number of anilines is 2. The zero-order chi connectivity index (χ0) is 15.5. The molecular weight excluding hydrogens is 284 g/mol. The highest BCUT2D eigenvalue weighted by atomic mass is 16.5. The first kappa shape index (κ1) is 14.8. The molecule has 0 bridgehead atoms. The third-order valence-electron chi connectivity index (χ3n) is 4.20. The number of benzene rings is 1. The second-order valence-corrected chi connectivity index (χ2v) is 5.54. The van der Waals surface area contributed by atoms with Crippen LogP contribution in [0.4, 0.5) is 11.4 Å². The summed E-state index contributed by atoms with van der Waals surface area (Å²) in [5, 5.41) is 0. The van der Waals surface area contributed by atoms with Crippen LogP contribution in [0.2, 0.25) is 0 Å². The number of esters is 1. The van der Waals surface area contributed by atoms with E-state index in [1.807, 2.05) is 24.3 Å². The van der Waals surface area contributed by atoms with E-state index in [-0.39, 0.29) is 24.2 Å². The summed E-state index contributed by atoms with van der Waals surface area (Å²) in [4.78, 5) is 27.6. The molecule has 0 saturated carbocycles. The van der Waals surface area contributed by atoms with Crippen LogP contribution in [-0.2, 0) is 19.1 Å². The molecule has 0 spiro atoms. The van der Waals surface area contributed by atoms with Crippen LogP contribution in [0.25, 0.3) is 0 Å². The minimum Gasteiger partial charge on any atom is -0.469 e. The molecule has 1 amide bonds. The van der Waals surface area contributed by atoms with E-state index in [0.717, 1.165) is 37.7 Å². The molecule has 3 rings (SSSR count). The fraction of sp³-hybridized carbons (Fsp3) is 0.500. The van der Waals surface area contributed by atoms with Crippen molar-refractivity contribution in [1.82, 2.24) is 0 Å². The molecule has 22 heavy (non-hydrogen) atoms. The molecule has 118 valence electrons. The van der Waals surface area contributed by atoms with Crippen LogP contribution in [0.3, 0.4) is 0 Å². The summed E-state index contributed by atoms with van der Waals surface area (Å²) in [7, 11) is 1.35. The van der Waals surface area contributed by atoms with Gasteiger partial charge in [0.15, 0.2) is 0 Å². The summed E-state index contributed by atoms with van der Waals surface area (Å²) in [6.45, 7) is 3.64. The average molecular weight is 304 g/mol. The van der Waals surface area contributed by atoms with E-state index < -0.39 is 0 Å². The Morgan fingerprint density at radius 2 is 1.82 bits per heavy atom. The number of carbonyl (C=O) groups is 2. The number of ether oxygens (including phenoxy) is 2. The molecule has 0 aromatic heterocycles. The third kappa shape index (κ3) is 2.92. The van der Waals surface area contributed by atoms with E-state index in [1.165, 1.54) is 7.11 Å². The van der Waals surface area contributed by atoms with Gasteiger partial charge in [-0.3, -0.25) is 9.59 Å². The normalized spacial score (nSPS) is 22.0. The van der Waals surface area contributed by atoms with Crippen LogP contribution in [0.15, 0.2) is 24.3 Å². The lowest BCUT2D eigenvalue weighted by Crippen LogP contribution is -2.36. The summed E-state index contributed by atoms with van der Waals surface area (Å²) in [5.74, 6) is -0.716. The van der Waals surface area contributed by atoms with Crippen molar-refractivity contribution < 1.29 is 19.1 Å². The molecular formula is C16H20N2O4. The SMILES string of the molecule is COC(=O)C1CC(=O)N(c2ccc(N3CCOCC3)cc2)C1. The fourth-order valence-electron chi connectivity index (χ4n) is 2.95. The van der Waals surface area contributed by atoms with Gasteiger partial charge in [0.05, 0.1) is 26.2 Å². The molecule has 1 unspecified atom stereocenters. The topological polar surface area (TPSA) is 59.1 Å². The number of amides is 1. The molecule has 2 aliphatic rings. The number of nitrogens with zero attached hydrogens (tertiary/aromatic N) is 2. The van der Waals surface area contributed by atoms with Crippen molar-refractivity contribution in [3.63, 3.8) is 0 Å². The molecule has 2 heterocycles. The second kappa shape index (κ2) is 6.36. The first-order valence-electron chi connectivity index (χ1n) is 7.50. The van der Waals surface area contributed by atoms with Crippen molar-refractivity contribution in [2.75, 3.05) is 49.8 Å². The standard InChI is InChI=1S/C16H20N2O4/c1-21-16(20)12-10-15(19)18(11-12)14-4-2-13(3-5-14)17-6-8-22-9-7-17/h2-5,12H,6-11H2,1H3. The highest BCUT2D eigenvalue weighted by Gasteiger charge is 2.35. The lowest BCUT2D eigenvalue weighted by atomic mass is 10.1.